The number of hydrogen-bond donors (Lipinski definition) is 1. The lowest BCUT2D eigenvalue weighted by Gasteiger charge is -2.29. The van der Waals surface area contributed by atoms with Crippen LogP contribution < -0.4 is 14.8 Å². The molecule has 1 aromatic heterocycles. The number of carbonyl (C=O) groups excluding carboxylic acids is 1. The number of piperidine rings is 1. The first-order chi connectivity index (χ1) is 18.0. The number of aromatic nitrogens is 2. The molecule has 2 aromatic carbocycles. The minimum atomic E-state index is -0.00755. The van der Waals surface area contributed by atoms with Gasteiger partial charge in [0.25, 0.3) is 5.91 Å². The fourth-order valence-corrected chi connectivity index (χ4v) is 5.33. The van der Waals surface area contributed by atoms with Crippen molar-refractivity contribution in [3.05, 3.63) is 47.2 Å². The van der Waals surface area contributed by atoms with E-state index in [0.29, 0.717) is 27.9 Å². The Balaban J connectivity index is 1.42. The van der Waals surface area contributed by atoms with Crippen LogP contribution in [0.15, 0.2) is 36.7 Å². The van der Waals surface area contributed by atoms with Crippen molar-refractivity contribution in [2.75, 3.05) is 45.7 Å². The molecule has 0 radical (unpaired) electrons. The van der Waals surface area contributed by atoms with Gasteiger partial charge >= 0.3 is 0 Å². The predicted octanol–water partition coefficient (Wildman–Crippen LogP) is 5.52. The maximum Gasteiger partial charge on any atom is 0.255 e. The van der Waals surface area contributed by atoms with Crippen LogP contribution in [0.5, 0.6) is 11.5 Å². The molecular formula is C28H34ClN5O3. The molecule has 0 saturated carbocycles. The van der Waals surface area contributed by atoms with E-state index in [1.54, 1.807) is 19.2 Å². The van der Waals surface area contributed by atoms with E-state index in [2.05, 4.69) is 27.2 Å². The number of methoxy groups -OCH3 is 1. The van der Waals surface area contributed by atoms with E-state index < -0.39 is 0 Å². The van der Waals surface area contributed by atoms with E-state index in [-0.39, 0.29) is 12.0 Å². The van der Waals surface area contributed by atoms with Gasteiger partial charge in [-0.15, -0.1) is 0 Å². The number of likely N-dealkylation sites (tertiary alicyclic amines) is 2. The molecule has 0 atom stereocenters. The molecule has 2 aliphatic heterocycles. The number of amides is 1. The van der Waals surface area contributed by atoms with E-state index in [0.717, 1.165) is 68.5 Å². The Bertz CT molecular complexity index is 1250. The lowest BCUT2D eigenvalue weighted by Crippen LogP contribution is -2.35. The zero-order valence-corrected chi connectivity index (χ0v) is 22.3. The third-order valence-electron chi connectivity index (χ3n) is 7.23. The number of hydrogen-bond acceptors (Lipinski definition) is 7. The molecule has 1 amide bonds. The van der Waals surface area contributed by atoms with Crippen LogP contribution in [-0.2, 0) is 0 Å². The van der Waals surface area contributed by atoms with Crippen LogP contribution >= 0.6 is 11.6 Å². The highest BCUT2D eigenvalue weighted by molar-refractivity contribution is 6.34. The van der Waals surface area contributed by atoms with Gasteiger partial charge in [0.05, 0.1) is 28.6 Å². The highest BCUT2D eigenvalue weighted by Crippen LogP contribution is 2.37. The van der Waals surface area contributed by atoms with Crippen LogP contribution in [0, 0.1) is 0 Å². The molecule has 0 unspecified atom stereocenters. The summed E-state index contributed by atoms with van der Waals surface area (Å²) in [5.41, 5.74) is 1.98. The fraction of sp³-hybridized carbons (Fsp3) is 0.464. The Morgan fingerprint density at radius 1 is 1.03 bits per heavy atom. The maximum absolute atomic E-state index is 13.1. The van der Waals surface area contributed by atoms with Gasteiger partial charge in [-0.2, -0.15) is 0 Å². The topological polar surface area (TPSA) is 79.8 Å². The Labute approximate surface area is 222 Å². The van der Waals surface area contributed by atoms with Crippen LogP contribution in [0.3, 0.4) is 0 Å². The van der Waals surface area contributed by atoms with Crippen molar-refractivity contribution >= 4 is 39.9 Å². The van der Waals surface area contributed by atoms with E-state index in [9.17, 15) is 4.79 Å². The van der Waals surface area contributed by atoms with Gasteiger partial charge in [0, 0.05) is 44.0 Å². The molecule has 0 aliphatic carbocycles. The summed E-state index contributed by atoms with van der Waals surface area (Å²) in [5.74, 6) is 1.97. The van der Waals surface area contributed by atoms with Gasteiger partial charge < -0.3 is 24.6 Å². The number of nitrogens with zero attached hydrogens (tertiary/aromatic N) is 4. The van der Waals surface area contributed by atoms with E-state index >= 15 is 0 Å². The van der Waals surface area contributed by atoms with Gasteiger partial charge in [0.15, 0.2) is 0 Å². The first-order valence-electron chi connectivity index (χ1n) is 13.1. The number of rotatable bonds is 6. The van der Waals surface area contributed by atoms with Crippen molar-refractivity contribution in [3.8, 4) is 11.5 Å². The van der Waals surface area contributed by atoms with Crippen molar-refractivity contribution in [2.45, 2.75) is 44.6 Å². The maximum atomic E-state index is 13.1. The zero-order chi connectivity index (χ0) is 25.8. The molecule has 2 aliphatic rings. The minimum absolute atomic E-state index is 0.00755. The SMILES string of the molecule is COc1cc(OC2CCN(C)CC2)c2c(Nc3ccc(C(=O)N4CCCCCC4)c(Cl)c3)ncnc2c1. The van der Waals surface area contributed by atoms with E-state index in [1.165, 1.54) is 19.2 Å². The monoisotopic (exact) mass is 523 g/mol. The summed E-state index contributed by atoms with van der Waals surface area (Å²) in [5, 5.41) is 4.58. The minimum Gasteiger partial charge on any atom is -0.497 e. The molecule has 5 rings (SSSR count). The molecule has 196 valence electrons. The van der Waals surface area contributed by atoms with Crippen LogP contribution in [0.4, 0.5) is 11.5 Å². The summed E-state index contributed by atoms with van der Waals surface area (Å²) in [7, 11) is 3.77. The number of fused-ring (bicyclic) bond motifs is 1. The molecule has 2 fully saturated rings. The lowest BCUT2D eigenvalue weighted by molar-refractivity contribution is 0.0762. The van der Waals surface area contributed by atoms with E-state index in [4.69, 9.17) is 21.1 Å². The Morgan fingerprint density at radius 3 is 2.49 bits per heavy atom. The Morgan fingerprint density at radius 2 is 1.78 bits per heavy atom. The second-order valence-corrected chi connectivity index (χ2v) is 10.3. The molecule has 3 aromatic rings. The molecule has 37 heavy (non-hydrogen) atoms. The molecule has 1 N–H and O–H groups in total. The van der Waals surface area contributed by atoms with Gasteiger partial charge in [-0.3, -0.25) is 4.79 Å². The van der Waals surface area contributed by atoms with Crippen molar-refractivity contribution in [3.63, 3.8) is 0 Å². The Hall–Kier alpha value is -3.10. The molecular weight excluding hydrogens is 490 g/mol. The van der Waals surface area contributed by atoms with Gasteiger partial charge in [0.1, 0.15) is 29.7 Å². The number of ether oxygens (including phenoxy) is 2. The first kappa shape index (κ1) is 25.5. The fourth-order valence-electron chi connectivity index (χ4n) is 5.06. The summed E-state index contributed by atoms with van der Waals surface area (Å²) >= 11 is 6.61. The highest BCUT2D eigenvalue weighted by atomic mass is 35.5. The van der Waals surface area contributed by atoms with Crippen molar-refractivity contribution in [1.82, 2.24) is 19.8 Å². The van der Waals surface area contributed by atoms with Crippen LogP contribution in [0.1, 0.15) is 48.9 Å². The molecule has 0 bridgehead atoms. The van der Waals surface area contributed by atoms with Crippen molar-refractivity contribution < 1.29 is 14.3 Å². The third-order valence-corrected chi connectivity index (χ3v) is 7.54. The number of anilines is 2. The molecule has 3 heterocycles. The van der Waals surface area contributed by atoms with Crippen LogP contribution in [-0.4, -0.2) is 72.1 Å². The molecule has 8 nitrogen and oxygen atoms in total. The molecule has 2 saturated heterocycles. The van der Waals surface area contributed by atoms with Gasteiger partial charge in [-0.25, -0.2) is 9.97 Å². The summed E-state index contributed by atoms with van der Waals surface area (Å²) in [4.78, 5) is 26.3. The summed E-state index contributed by atoms with van der Waals surface area (Å²) in [6, 6.07) is 9.21. The second kappa shape index (κ2) is 11.5. The lowest BCUT2D eigenvalue weighted by atomic mass is 10.1. The zero-order valence-electron chi connectivity index (χ0n) is 21.5. The second-order valence-electron chi connectivity index (χ2n) is 9.89. The highest BCUT2D eigenvalue weighted by Gasteiger charge is 2.22. The number of carbonyl (C=O) groups is 1. The van der Waals surface area contributed by atoms with Gasteiger partial charge in [0.2, 0.25) is 0 Å². The normalized spacial score (nSPS) is 17.4. The summed E-state index contributed by atoms with van der Waals surface area (Å²) in [6.07, 6.45) is 7.95. The molecule has 0 spiro atoms. The summed E-state index contributed by atoms with van der Waals surface area (Å²) in [6.45, 7) is 3.56. The average molecular weight is 524 g/mol. The first-order valence-corrected chi connectivity index (χ1v) is 13.4. The largest absolute Gasteiger partial charge is 0.497 e. The standard InChI is InChI=1S/C28H34ClN5O3/c1-33-13-9-20(10-14-33)37-25-17-21(36-2)16-24-26(25)27(31-18-30-24)32-19-7-8-22(23(29)15-19)28(35)34-11-5-3-4-6-12-34/h7-8,15-18,20H,3-6,9-14H2,1-2H3,(H,30,31,32). The van der Waals surface area contributed by atoms with Crippen LogP contribution in [0.25, 0.3) is 10.9 Å². The number of halogens is 1. The van der Waals surface area contributed by atoms with Gasteiger partial charge in [-0.05, 0) is 50.9 Å². The number of nitrogens with one attached hydrogen (secondary N) is 1. The number of benzene rings is 2. The predicted molar refractivity (Wildman–Crippen MR) is 146 cm³/mol. The average Bonchev–Trinajstić information content (AvgIpc) is 3.19. The Kier molecular flexibility index (Phi) is 7.96. The van der Waals surface area contributed by atoms with Crippen molar-refractivity contribution in [1.29, 1.82) is 0 Å². The van der Waals surface area contributed by atoms with E-state index in [1.807, 2.05) is 23.1 Å². The van der Waals surface area contributed by atoms with Gasteiger partial charge in [-0.1, -0.05) is 24.4 Å². The molecule has 9 heteroatoms. The smallest absolute Gasteiger partial charge is 0.255 e. The third kappa shape index (κ3) is 5.91. The quantitative estimate of drug-likeness (QED) is 0.455. The van der Waals surface area contributed by atoms with Crippen molar-refractivity contribution in [2.24, 2.45) is 0 Å². The van der Waals surface area contributed by atoms with Crippen LogP contribution in [0.2, 0.25) is 5.02 Å². The summed E-state index contributed by atoms with van der Waals surface area (Å²) < 4.78 is 12.0.